The van der Waals surface area contributed by atoms with Crippen molar-refractivity contribution >= 4 is 39.5 Å². The lowest BCUT2D eigenvalue weighted by Crippen LogP contribution is -2.08. The summed E-state index contributed by atoms with van der Waals surface area (Å²) in [6.45, 7) is 2.08. The van der Waals surface area contributed by atoms with Crippen molar-refractivity contribution in [3.8, 4) is 0 Å². The topological polar surface area (TPSA) is 34.1 Å². The summed E-state index contributed by atoms with van der Waals surface area (Å²) in [6, 6.07) is 7.43. The van der Waals surface area contributed by atoms with Crippen LogP contribution in [0.25, 0.3) is 10.1 Å². The van der Waals surface area contributed by atoms with Crippen molar-refractivity contribution in [1.29, 1.82) is 0 Å². The molecule has 2 aromatic rings. The first-order valence-corrected chi connectivity index (χ1v) is 7.22. The van der Waals surface area contributed by atoms with E-state index in [2.05, 4.69) is 6.92 Å². The van der Waals surface area contributed by atoms with Gasteiger partial charge in [-0.15, -0.1) is 23.1 Å². The number of hydrogen-bond donors (Lipinski definition) is 0. The van der Waals surface area contributed by atoms with Crippen LogP contribution in [0.2, 0.25) is 0 Å². The Morgan fingerprint density at radius 2 is 2.12 bits per heavy atom. The largest absolute Gasteiger partial charge is 0.298 e. The number of benzene rings is 1. The van der Waals surface area contributed by atoms with Gasteiger partial charge in [-0.2, -0.15) is 0 Å². The molecule has 0 N–H and O–H groups in total. The van der Waals surface area contributed by atoms with Crippen molar-refractivity contribution in [1.82, 2.24) is 0 Å². The van der Waals surface area contributed by atoms with Gasteiger partial charge in [-0.05, 0) is 24.3 Å². The first-order chi connectivity index (χ1) is 8.27. The Balaban J connectivity index is 2.66. The number of hydrogen-bond acceptors (Lipinski definition) is 4. The van der Waals surface area contributed by atoms with Gasteiger partial charge in [0.2, 0.25) is 0 Å². The van der Waals surface area contributed by atoms with Crippen molar-refractivity contribution in [3.63, 3.8) is 0 Å². The number of carbonyl (C=O) groups is 1. The van der Waals surface area contributed by atoms with Gasteiger partial charge in [0.15, 0.2) is 11.7 Å². The lowest BCUT2D eigenvalue weighted by molar-refractivity contribution is 0.112. The smallest absolute Gasteiger partial charge is 0.199 e. The normalized spacial score (nSPS) is 10.6. The quantitative estimate of drug-likeness (QED) is 0.625. The second-order valence-corrected chi connectivity index (χ2v) is 6.01. The molecule has 2 nitrogen and oxygen atoms in total. The molecule has 17 heavy (non-hydrogen) atoms. The van der Waals surface area contributed by atoms with Crippen LogP contribution < -0.4 is 5.43 Å². The summed E-state index contributed by atoms with van der Waals surface area (Å²) in [5.41, 5.74) is 0.167. The van der Waals surface area contributed by atoms with E-state index in [1.165, 1.54) is 11.3 Å². The maximum absolute atomic E-state index is 12.1. The lowest BCUT2D eigenvalue weighted by Gasteiger charge is -2.04. The minimum absolute atomic E-state index is 0.145. The van der Waals surface area contributed by atoms with Gasteiger partial charge >= 0.3 is 0 Å². The predicted octanol–water partition coefficient (Wildman–Crippen LogP) is 3.58. The standard InChI is InChI=1S/C13H12O2S2/c1-2-7-16-13-10(8-14)12(15)9-5-3-4-6-11(9)17-13/h3-6,8H,2,7H2,1H3. The number of carbonyl (C=O) groups excluding carboxylic acids is 1. The molecule has 0 unspecified atom stereocenters. The Morgan fingerprint density at radius 1 is 1.35 bits per heavy atom. The van der Waals surface area contributed by atoms with Gasteiger partial charge in [0.25, 0.3) is 0 Å². The van der Waals surface area contributed by atoms with Gasteiger partial charge in [-0.3, -0.25) is 9.59 Å². The molecule has 0 saturated heterocycles. The summed E-state index contributed by atoms with van der Waals surface area (Å²) < 4.78 is 1.78. The molecule has 2 rings (SSSR count). The molecular formula is C13H12O2S2. The van der Waals surface area contributed by atoms with Crippen LogP contribution in [0.5, 0.6) is 0 Å². The molecule has 88 valence electrons. The Hall–Kier alpha value is -1.13. The SMILES string of the molecule is CCCSc1sc2ccccc2c(=O)c1C=O. The van der Waals surface area contributed by atoms with Gasteiger partial charge in [0.05, 0.1) is 9.77 Å². The Labute approximate surface area is 108 Å². The zero-order chi connectivity index (χ0) is 12.3. The number of thioether (sulfide) groups is 1. The number of fused-ring (bicyclic) bond motifs is 1. The molecule has 0 spiro atoms. The van der Waals surface area contributed by atoms with E-state index in [4.69, 9.17) is 0 Å². The lowest BCUT2D eigenvalue weighted by atomic mass is 10.2. The maximum atomic E-state index is 12.1. The molecule has 0 amide bonds. The summed E-state index contributed by atoms with van der Waals surface area (Å²) in [5.74, 6) is 0.926. The average molecular weight is 264 g/mol. The summed E-state index contributed by atoms with van der Waals surface area (Å²) in [6.07, 6.45) is 1.71. The summed E-state index contributed by atoms with van der Waals surface area (Å²) >= 11 is 3.11. The van der Waals surface area contributed by atoms with Crippen LogP contribution in [-0.2, 0) is 0 Å². The van der Waals surface area contributed by atoms with Gasteiger partial charge < -0.3 is 0 Å². The third kappa shape index (κ3) is 2.42. The van der Waals surface area contributed by atoms with Crippen LogP contribution in [-0.4, -0.2) is 12.0 Å². The minimum Gasteiger partial charge on any atom is -0.298 e. The molecule has 0 aliphatic carbocycles. The fourth-order valence-corrected chi connectivity index (χ4v) is 3.85. The van der Waals surface area contributed by atoms with Crippen molar-refractivity contribution in [2.24, 2.45) is 0 Å². The van der Waals surface area contributed by atoms with Crippen molar-refractivity contribution < 1.29 is 4.79 Å². The third-order valence-corrected chi connectivity index (χ3v) is 5.03. The van der Waals surface area contributed by atoms with Gasteiger partial charge in [-0.25, -0.2) is 0 Å². The van der Waals surface area contributed by atoms with E-state index in [-0.39, 0.29) is 5.43 Å². The van der Waals surface area contributed by atoms with Crippen LogP contribution in [0.4, 0.5) is 0 Å². The Morgan fingerprint density at radius 3 is 2.82 bits per heavy atom. The first-order valence-electron chi connectivity index (χ1n) is 5.41. The minimum atomic E-state index is -0.145. The zero-order valence-electron chi connectivity index (χ0n) is 9.43. The molecule has 0 aliphatic heterocycles. The average Bonchev–Trinajstić information content (AvgIpc) is 2.36. The van der Waals surface area contributed by atoms with Gasteiger partial charge in [-0.1, -0.05) is 19.1 Å². The monoisotopic (exact) mass is 264 g/mol. The molecule has 0 fully saturated rings. The zero-order valence-corrected chi connectivity index (χ0v) is 11.1. The van der Waals surface area contributed by atoms with Crippen LogP contribution >= 0.6 is 23.1 Å². The third-order valence-electron chi connectivity index (χ3n) is 2.35. The molecule has 1 aromatic heterocycles. The highest BCUT2D eigenvalue weighted by Gasteiger charge is 2.11. The summed E-state index contributed by atoms with van der Waals surface area (Å²) in [4.78, 5) is 23.2. The molecule has 4 heteroatoms. The highest BCUT2D eigenvalue weighted by molar-refractivity contribution is 8.01. The summed E-state index contributed by atoms with van der Waals surface area (Å²) in [7, 11) is 0. The molecule has 1 aromatic carbocycles. The molecule has 0 radical (unpaired) electrons. The molecule has 0 atom stereocenters. The second-order valence-electron chi connectivity index (χ2n) is 3.59. The van der Waals surface area contributed by atoms with E-state index in [1.54, 1.807) is 17.8 Å². The molecule has 0 saturated carbocycles. The van der Waals surface area contributed by atoms with E-state index in [9.17, 15) is 9.59 Å². The molecular weight excluding hydrogens is 252 g/mol. The van der Waals surface area contributed by atoms with E-state index >= 15 is 0 Å². The highest BCUT2D eigenvalue weighted by atomic mass is 32.2. The van der Waals surface area contributed by atoms with E-state index in [0.29, 0.717) is 17.2 Å². The predicted molar refractivity (Wildman–Crippen MR) is 74.5 cm³/mol. The molecule has 0 aliphatic rings. The van der Waals surface area contributed by atoms with E-state index < -0.39 is 0 Å². The highest BCUT2D eigenvalue weighted by Crippen LogP contribution is 2.30. The molecule has 0 bridgehead atoms. The van der Waals surface area contributed by atoms with Crippen LogP contribution in [0.15, 0.2) is 33.3 Å². The molecule has 1 heterocycles. The van der Waals surface area contributed by atoms with E-state index in [0.717, 1.165) is 21.1 Å². The number of rotatable bonds is 4. The van der Waals surface area contributed by atoms with Crippen molar-refractivity contribution in [2.75, 3.05) is 5.75 Å². The van der Waals surface area contributed by atoms with Gasteiger partial charge in [0, 0.05) is 10.1 Å². The van der Waals surface area contributed by atoms with Gasteiger partial charge in [0.1, 0.15) is 0 Å². The Bertz CT molecular complexity index is 602. The van der Waals surface area contributed by atoms with E-state index in [1.807, 2.05) is 18.2 Å². The summed E-state index contributed by atoms with van der Waals surface area (Å²) in [5, 5.41) is 0.639. The number of aldehydes is 1. The van der Waals surface area contributed by atoms with Crippen molar-refractivity contribution in [2.45, 2.75) is 17.6 Å². The second kappa shape index (κ2) is 5.47. The Kier molecular flexibility index (Phi) is 3.97. The van der Waals surface area contributed by atoms with Crippen LogP contribution in [0.3, 0.4) is 0 Å². The fourth-order valence-electron chi connectivity index (χ4n) is 1.54. The van der Waals surface area contributed by atoms with Crippen LogP contribution in [0, 0.1) is 0 Å². The fraction of sp³-hybridized carbons (Fsp3) is 0.231. The first kappa shape index (κ1) is 12.3. The maximum Gasteiger partial charge on any atom is 0.199 e. The van der Waals surface area contributed by atoms with Crippen molar-refractivity contribution in [3.05, 3.63) is 40.1 Å². The van der Waals surface area contributed by atoms with Crippen LogP contribution in [0.1, 0.15) is 23.7 Å².